The molecule has 1 unspecified atom stereocenters. The van der Waals surface area contributed by atoms with Crippen LogP contribution in [0.3, 0.4) is 0 Å². The number of halogens is 4. The Morgan fingerprint density at radius 3 is 2.58 bits per heavy atom. The Morgan fingerprint density at radius 1 is 1.07 bits per heavy atom. The molecule has 5 rings (SSSR count). The first-order chi connectivity index (χ1) is 19.0. The van der Waals surface area contributed by atoms with Gasteiger partial charge in [-0.3, -0.25) is 4.79 Å². The minimum absolute atomic E-state index is 0.0236. The molecule has 1 aromatic heterocycles. The first-order valence-electron chi connectivity index (χ1n) is 12.8. The Kier molecular flexibility index (Phi) is 7.33. The number of nitrogens with zero attached hydrogens (tertiary/aromatic N) is 4. The predicted octanol–water partition coefficient (Wildman–Crippen LogP) is 5.82. The van der Waals surface area contributed by atoms with Crippen molar-refractivity contribution in [1.29, 1.82) is 0 Å². The molecule has 4 aromatic rings. The maximum atomic E-state index is 14.9. The summed E-state index contributed by atoms with van der Waals surface area (Å²) in [6, 6.07) is 12.8. The predicted molar refractivity (Wildman–Crippen MR) is 148 cm³/mol. The van der Waals surface area contributed by atoms with Gasteiger partial charge < -0.3 is 20.9 Å². The molecule has 1 saturated heterocycles. The van der Waals surface area contributed by atoms with E-state index in [0.717, 1.165) is 31.0 Å². The normalized spacial score (nSPS) is 16.0. The summed E-state index contributed by atoms with van der Waals surface area (Å²) < 4.78 is 55.7. The highest BCUT2D eigenvalue weighted by molar-refractivity contribution is 6.07. The number of carbonyl (C=O) groups is 1. The Hall–Kier alpha value is -4.25. The van der Waals surface area contributed by atoms with Gasteiger partial charge in [-0.2, -0.15) is 13.2 Å². The van der Waals surface area contributed by atoms with Crippen LogP contribution in [0.25, 0.3) is 22.0 Å². The van der Waals surface area contributed by atoms with Gasteiger partial charge in [0.25, 0.3) is 5.91 Å². The van der Waals surface area contributed by atoms with Crippen LogP contribution in [0.5, 0.6) is 0 Å². The Morgan fingerprint density at radius 2 is 1.82 bits per heavy atom. The van der Waals surface area contributed by atoms with Gasteiger partial charge in [0.1, 0.15) is 5.82 Å². The summed E-state index contributed by atoms with van der Waals surface area (Å²) in [5.74, 6) is -1.51. The molecule has 1 aliphatic rings. The maximum Gasteiger partial charge on any atom is 0.416 e. The molecule has 1 atom stereocenters. The minimum atomic E-state index is -4.61. The number of fused-ring (bicyclic) bond motifs is 1. The van der Waals surface area contributed by atoms with Crippen molar-refractivity contribution in [1.82, 2.24) is 14.9 Å². The number of carbonyl (C=O) groups excluding carboxylic acids is 1. The highest BCUT2D eigenvalue weighted by Gasteiger charge is 2.32. The van der Waals surface area contributed by atoms with Crippen LogP contribution in [-0.2, 0) is 6.18 Å². The van der Waals surface area contributed by atoms with E-state index in [1.54, 1.807) is 24.4 Å². The number of nitrogen functional groups attached to an aromatic ring is 1. The highest BCUT2D eigenvalue weighted by atomic mass is 19.4. The van der Waals surface area contributed by atoms with Crippen LogP contribution < -0.4 is 16.0 Å². The number of hydrogen-bond donors (Lipinski definition) is 2. The number of nitrogens with two attached hydrogens (primary N) is 1. The first kappa shape index (κ1) is 27.3. The van der Waals surface area contributed by atoms with Crippen molar-refractivity contribution < 1.29 is 22.4 Å². The quantitative estimate of drug-likeness (QED) is 0.304. The molecule has 3 aromatic carbocycles. The number of anilines is 3. The molecule has 7 nitrogen and oxygen atoms in total. The fourth-order valence-corrected chi connectivity index (χ4v) is 4.98. The van der Waals surface area contributed by atoms with E-state index in [1.165, 1.54) is 18.2 Å². The van der Waals surface area contributed by atoms with E-state index in [1.807, 2.05) is 19.0 Å². The van der Waals surface area contributed by atoms with E-state index < -0.39 is 23.5 Å². The fraction of sp³-hybridized carbons (Fsp3) is 0.276. The Labute approximate surface area is 228 Å². The summed E-state index contributed by atoms with van der Waals surface area (Å²) >= 11 is 0. The summed E-state index contributed by atoms with van der Waals surface area (Å²) in [6.07, 6.45) is -1.24. The summed E-state index contributed by atoms with van der Waals surface area (Å²) in [6.45, 7) is 1.21. The molecule has 0 bridgehead atoms. The summed E-state index contributed by atoms with van der Waals surface area (Å²) in [7, 11) is 3.91. The molecule has 0 radical (unpaired) electrons. The lowest BCUT2D eigenvalue weighted by Gasteiger charge is -2.38. The lowest BCUT2D eigenvalue weighted by Crippen LogP contribution is -2.45. The topological polar surface area (TPSA) is 87.4 Å². The molecular formula is C29H28F4N6O. The van der Waals surface area contributed by atoms with Crippen LogP contribution in [0, 0.1) is 5.82 Å². The van der Waals surface area contributed by atoms with Crippen molar-refractivity contribution in [2.45, 2.75) is 25.1 Å². The van der Waals surface area contributed by atoms with Gasteiger partial charge in [-0.25, -0.2) is 14.4 Å². The average molecular weight is 553 g/mol. The Balaban J connectivity index is 1.48. The van der Waals surface area contributed by atoms with Crippen molar-refractivity contribution in [3.63, 3.8) is 0 Å². The third-order valence-electron chi connectivity index (χ3n) is 7.18. The maximum absolute atomic E-state index is 14.9. The third-order valence-corrected chi connectivity index (χ3v) is 7.18. The van der Waals surface area contributed by atoms with Crippen LogP contribution in [0.2, 0.25) is 0 Å². The van der Waals surface area contributed by atoms with Gasteiger partial charge in [-0.05, 0) is 80.5 Å². The van der Waals surface area contributed by atoms with Gasteiger partial charge in [0, 0.05) is 30.7 Å². The third kappa shape index (κ3) is 5.69. The zero-order valence-electron chi connectivity index (χ0n) is 22.0. The van der Waals surface area contributed by atoms with Gasteiger partial charge in [0.15, 0.2) is 0 Å². The first-order valence-corrected chi connectivity index (χ1v) is 12.8. The molecule has 0 saturated carbocycles. The molecule has 208 valence electrons. The number of hydrogen-bond acceptors (Lipinski definition) is 6. The summed E-state index contributed by atoms with van der Waals surface area (Å²) in [5.41, 5.74) is 6.73. The van der Waals surface area contributed by atoms with Crippen LogP contribution in [-0.4, -0.2) is 54.0 Å². The van der Waals surface area contributed by atoms with E-state index in [9.17, 15) is 22.4 Å². The lowest BCUT2D eigenvalue weighted by atomic mass is 10.0. The number of piperidine rings is 1. The zero-order valence-corrected chi connectivity index (χ0v) is 22.0. The van der Waals surface area contributed by atoms with Crippen molar-refractivity contribution >= 4 is 34.1 Å². The standard InChI is InChI=1S/C29H28F4N6O/c1-38(2)21-4-3-11-39(16-21)26-10-7-20(29(31,32)33)14-25(26)36-27(40)22-13-18(5-8-23(22)30)17-6-9-24-19(12-17)15-35-28(34)37-24/h5-10,12-15,21H,3-4,11,16H2,1-2H3,(H,36,40)(H2,34,35,37). The highest BCUT2D eigenvalue weighted by Crippen LogP contribution is 2.37. The number of rotatable bonds is 5. The number of likely N-dealkylation sites (N-methyl/N-ethyl adjacent to an activating group) is 1. The molecule has 1 fully saturated rings. The molecule has 1 aliphatic heterocycles. The second-order valence-electron chi connectivity index (χ2n) is 10.1. The van der Waals surface area contributed by atoms with Gasteiger partial charge in [-0.15, -0.1) is 0 Å². The van der Waals surface area contributed by atoms with Gasteiger partial charge >= 0.3 is 6.18 Å². The zero-order chi connectivity index (χ0) is 28.6. The molecule has 0 spiro atoms. The van der Waals surface area contributed by atoms with Gasteiger partial charge in [0.05, 0.1) is 28.0 Å². The van der Waals surface area contributed by atoms with E-state index in [-0.39, 0.29) is 23.2 Å². The molecular weight excluding hydrogens is 524 g/mol. The Bertz CT molecular complexity index is 1570. The number of aromatic nitrogens is 2. The number of amides is 1. The summed E-state index contributed by atoms with van der Waals surface area (Å²) in [4.78, 5) is 25.5. The molecule has 11 heteroatoms. The van der Waals surface area contributed by atoms with Crippen LogP contribution >= 0.6 is 0 Å². The molecule has 2 heterocycles. The summed E-state index contributed by atoms with van der Waals surface area (Å²) in [5, 5.41) is 3.27. The van der Waals surface area contributed by atoms with E-state index in [0.29, 0.717) is 40.8 Å². The van der Waals surface area contributed by atoms with Crippen molar-refractivity contribution in [2.75, 3.05) is 43.1 Å². The van der Waals surface area contributed by atoms with Crippen molar-refractivity contribution in [2.24, 2.45) is 0 Å². The molecule has 0 aliphatic carbocycles. The van der Waals surface area contributed by atoms with Crippen molar-refractivity contribution in [3.8, 4) is 11.1 Å². The average Bonchev–Trinajstić information content (AvgIpc) is 2.92. The number of alkyl halides is 3. The van der Waals surface area contributed by atoms with Crippen LogP contribution in [0.1, 0.15) is 28.8 Å². The van der Waals surface area contributed by atoms with Crippen LogP contribution in [0.4, 0.5) is 34.9 Å². The van der Waals surface area contributed by atoms with Crippen LogP contribution in [0.15, 0.2) is 60.8 Å². The minimum Gasteiger partial charge on any atom is -0.368 e. The number of nitrogens with one attached hydrogen (secondary N) is 1. The smallest absolute Gasteiger partial charge is 0.368 e. The SMILES string of the molecule is CN(C)C1CCCN(c2ccc(C(F)(F)F)cc2NC(=O)c2cc(-c3ccc4nc(N)ncc4c3)ccc2F)C1. The van der Waals surface area contributed by atoms with Gasteiger partial charge in [0.2, 0.25) is 5.95 Å². The van der Waals surface area contributed by atoms with E-state index in [2.05, 4.69) is 20.2 Å². The lowest BCUT2D eigenvalue weighted by molar-refractivity contribution is -0.137. The molecule has 40 heavy (non-hydrogen) atoms. The monoisotopic (exact) mass is 552 g/mol. The van der Waals surface area contributed by atoms with E-state index >= 15 is 0 Å². The van der Waals surface area contributed by atoms with Crippen molar-refractivity contribution in [3.05, 3.63) is 77.7 Å². The van der Waals surface area contributed by atoms with E-state index in [4.69, 9.17) is 5.73 Å². The number of benzene rings is 3. The molecule has 3 N–H and O–H groups in total. The second kappa shape index (κ2) is 10.7. The van der Waals surface area contributed by atoms with Gasteiger partial charge in [-0.1, -0.05) is 12.1 Å². The largest absolute Gasteiger partial charge is 0.416 e. The fourth-order valence-electron chi connectivity index (χ4n) is 4.98. The molecule has 1 amide bonds. The second-order valence-corrected chi connectivity index (χ2v) is 10.1.